The Morgan fingerprint density at radius 2 is 1.91 bits per heavy atom. The molecule has 23 heavy (non-hydrogen) atoms. The lowest BCUT2D eigenvalue weighted by Crippen LogP contribution is -1.98. The Balaban J connectivity index is 1.69. The third-order valence-corrected chi connectivity index (χ3v) is 3.70. The van der Waals surface area contributed by atoms with E-state index in [9.17, 15) is 4.79 Å². The zero-order valence-corrected chi connectivity index (χ0v) is 13.2. The van der Waals surface area contributed by atoms with Crippen LogP contribution in [0.25, 0.3) is 5.52 Å². The van der Waals surface area contributed by atoms with E-state index in [-0.39, 0.29) is 0 Å². The predicted molar refractivity (Wildman–Crippen MR) is 86.8 cm³/mol. The average molecular weight is 310 g/mol. The summed E-state index contributed by atoms with van der Waals surface area (Å²) in [6.07, 6.45) is 0.846. The second-order valence-corrected chi connectivity index (χ2v) is 5.32. The van der Waals surface area contributed by atoms with Crippen LogP contribution >= 0.6 is 0 Å². The number of methoxy groups -OCH3 is 1. The Bertz CT molecular complexity index is 822. The van der Waals surface area contributed by atoms with Crippen LogP contribution in [0, 0.1) is 6.92 Å². The third kappa shape index (κ3) is 3.24. The Kier molecular flexibility index (Phi) is 4.39. The Morgan fingerprint density at radius 1 is 1.13 bits per heavy atom. The highest BCUT2D eigenvalue weighted by atomic mass is 16.5. The van der Waals surface area contributed by atoms with Crippen LogP contribution < -0.4 is 4.74 Å². The lowest BCUT2D eigenvalue weighted by Gasteiger charge is -2.04. The minimum absolute atomic E-state index is 0.394. The maximum absolute atomic E-state index is 11.1. The fraction of sp³-hybridized carbons (Fsp3) is 0.222. The van der Waals surface area contributed by atoms with Gasteiger partial charge in [0, 0.05) is 11.3 Å². The van der Waals surface area contributed by atoms with Gasteiger partial charge in [-0.1, -0.05) is 12.1 Å². The van der Waals surface area contributed by atoms with Crippen molar-refractivity contribution in [1.82, 2.24) is 9.61 Å². The van der Waals surface area contributed by atoms with Crippen molar-refractivity contribution in [3.05, 3.63) is 65.0 Å². The van der Waals surface area contributed by atoms with Gasteiger partial charge in [-0.2, -0.15) is 5.10 Å². The van der Waals surface area contributed by atoms with Gasteiger partial charge >= 0.3 is 0 Å². The highest BCUT2D eigenvalue weighted by Crippen LogP contribution is 2.16. The Labute approximate surface area is 134 Å². The largest absolute Gasteiger partial charge is 0.497 e. The molecule has 0 amide bonds. The van der Waals surface area contributed by atoms with E-state index >= 15 is 0 Å². The molecule has 0 aliphatic carbocycles. The van der Waals surface area contributed by atoms with Crippen molar-refractivity contribution >= 4 is 11.8 Å². The molecule has 0 spiro atoms. The van der Waals surface area contributed by atoms with Crippen LogP contribution in [0.3, 0.4) is 0 Å². The van der Waals surface area contributed by atoms with Gasteiger partial charge in [0.2, 0.25) is 0 Å². The SMILES string of the molecule is COc1ccc(COCc2cc3c(C=O)ccc(C)n3n2)cc1. The molecular formula is C18H18N2O3. The van der Waals surface area contributed by atoms with Gasteiger partial charge < -0.3 is 9.47 Å². The lowest BCUT2D eigenvalue weighted by molar-refractivity contribution is 0.104. The van der Waals surface area contributed by atoms with Gasteiger partial charge in [-0.25, -0.2) is 4.52 Å². The van der Waals surface area contributed by atoms with Crippen LogP contribution in [-0.2, 0) is 18.0 Å². The molecule has 0 aliphatic heterocycles. The molecule has 0 aliphatic rings. The molecule has 0 unspecified atom stereocenters. The first-order valence-electron chi connectivity index (χ1n) is 7.35. The summed E-state index contributed by atoms with van der Waals surface area (Å²) in [7, 11) is 1.64. The number of aryl methyl sites for hydroxylation is 1. The maximum atomic E-state index is 11.1. The van der Waals surface area contributed by atoms with E-state index in [2.05, 4.69) is 5.10 Å². The van der Waals surface area contributed by atoms with Crippen molar-refractivity contribution in [2.24, 2.45) is 0 Å². The molecule has 0 saturated heterocycles. The molecule has 0 bridgehead atoms. The summed E-state index contributed by atoms with van der Waals surface area (Å²) < 4.78 is 12.6. The molecule has 0 fully saturated rings. The summed E-state index contributed by atoms with van der Waals surface area (Å²) >= 11 is 0. The third-order valence-electron chi connectivity index (χ3n) is 3.70. The minimum Gasteiger partial charge on any atom is -0.497 e. The monoisotopic (exact) mass is 310 g/mol. The summed E-state index contributed by atoms with van der Waals surface area (Å²) in [6.45, 7) is 2.85. The highest BCUT2D eigenvalue weighted by Gasteiger charge is 2.08. The number of rotatable bonds is 6. The molecule has 3 rings (SSSR count). The van der Waals surface area contributed by atoms with Gasteiger partial charge in [-0.05, 0) is 42.8 Å². The Morgan fingerprint density at radius 3 is 2.61 bits per heavy atom. The highest BCUT2D eigenvalue weighted by molar-refractivity contribution is 5.86. The fourth-order valence-corrected chi connectivity index (χ4v) is 2.44. The number of ether oxygens (including phenoxy) is 2. The summed E-state index contributed by atoms with van der Waals surface area (Å²) in [6, 6.07) is 13.3. The standard InChI is InChI=1S/C18H18N2O3/c1-13-3-6-15(10-21)18-9-16(19-20(13)18)12-23-11-14-4-7-17(22-2)8-5-14/h3-10H,11-12H2,1-2H3. The van der Waals surface area contributed by atoms with Gasteiger partial charge in [-0.15, -0.1) is 0 Å². The average Bonchev–Trinajstić information content (AvgIpc) is 3.01. The number of carbonyl (C=O) groups is 1. The van der Waals surface area contributed by atoms with Crippen LogP contribution in [0.5, 0.6) is 5.75 Å². The molecule has 5 heteroatoms. The van der Waals surface area contributed by atoms with Crippen molar-refractivity contribution in [3.63, 3.8) is 0 Å². The number of carbonyl (C=O) groups excluding carboxylic acids is 1. The van der Waals surface area contributed by atoms with E-state index in [1.165, 1.54) is 0 Å². The van der Waals surface area contributed by atoms with Gasteiger partial charge in [0.05, 0.1) is 31.5 Å². The summed E-state index contributed by atoms with van der Waals surface area (Å²) in [5.74, 6) is 0.825. The second-order valence-electron chi connectivity index (χ2n) is 5.32. The second kappa shape index (κ2) is 6.62. The summed E-state index contributed by atoms with van der Waals surface area (Å²) in [5.41, 5.74) is 4.29. The van der Waals surface area contributed by atoms with E-state index in [1.54, 1.807) is 17.7 Å². The van der Waals surface area contributed by atoms with E-state index in [0.717, 1.165) is 34.5 Å². The number of hydrogen-bond donors (Lipinski definition) is 0. The quantitative estimate of drug-likeness (QED) is 0.656. The minimum atomic E-state index is 0.394. The number of benzene rings is 1. The molecule has 1 aromatic carbocycles. The van der Waals surface area contributed by atoms with Gasteiger partial charge in [0.15, 0.2) is 6.29 Å². The van der Waals surface area contributed by atoms with Crippen molar-refractivity contribution in [3.8, 4) is 5.75 Å². The number of aldehydes is 1. The van der Waals surface area contributed by atoms with Gasteiger partial charge in [0.25, 0.3) is 0 Å². The van der Waals surface area contributed by atoms with Gasteiger partial charge in [0.1, 0.15) is 5.75 Å². The lowest BCUT2D eigenvalue weighted by atomic mass is 10.2. The number of pyridine rings is 1. The van der Waals surface area contributed by atoms with Crippen molar-refractivity contribution in [1.29, 1.82) is 0 Å². The topological polar surface area (TPSA) is 52.8 Å². The first-order chi connectivity index (χ1) is 11.2. The van der Waals surface area contributed by atoms with E-state index in [4.69, 9.17) is 9.47 Å². The molecule has 0 N–H and O–H groups in total. The van der Waals surface area contributed by atoms with E-state index in [0.29, 0.717) is 18.8 Å². The van der Waals surface area contributed by atoms with Crippen LogP contribution in [0.1, 0.15) is 27.3 Å². The van der Waals surface area contributed by atoms with Crippen molar-refractivity contribution in [2.45, 2.75) is 20.1 Å². The molecule has 3 aromatic rings. The molecular weight excluding hydrogens is 292 g/mol. The zero-order valence-electron chi connectivity index (χ0n) is 13.2. The van der Waals surface area contributed by atoms with E-state index < -0.39 is 0 Å². The summed E-state index contributed by atoms with van der Waals surface area (Å²) in [5, 5.41) is 4.49. The van der Waals surface area contributed by atoms with Crippen LogP contribution in [0.15, 0.2) is 42.5 Å². The fourth-order valence-electron chi connectivity index (χ4n) is 2.44. The smallest absolute Gasteiger partial charge is 0.152 e. The van der Waals surface area contributed by atoms with Crippen LogP contribution in [0.4, 0.5) is 0 Å². The maximum Gasteiger partial charge on any atom is 0.152 e. The van der Waals surface area contributed by atoms with E-state index in [1.807, 2.05) is 43.3 Å². The number of aromatic nitrogens is 2. The molecule has 118 valence electrons. The summed E-state index contributed by atoms with van der Waals surface area (Å²) in [4.78, 5) is 11.1. The number of nitrogens with zero attached hydrogens (tertiary/aromatic N) is 2. The van der Waals surface area contributed by atoms with Crippen LogP contribution in [0.2, 0.25) is 0 Å². The molecule has 0 atom stereocenters. The first kappa shape index (κ1) is 15.2. The molecule has 5 nitrogen and oxygen atoms in total. The normalized spacial score (nSPS) is 10.9. The van der Waals surface area contributed by atoms with Crippen molar-refractivity contribution < 1.29 is 14.3 Å². The molecule has 2 heterocycles. The molecule has 0 saturated carbocycles. The number of fused-ring (bicyclic) bond motifs is 1. The Hall–Kier alpha value is -2.66. The molecule has 2 aromatic heterocycles. The van der Waals surface area contributed by atoms with Gasteiger partial charge in [-0.3, -0.25) is 4.79 Å². The zero-order chi connectivity index (χ0) is 16.2. The predicted octanol–water partition coefficient (Wildman–Crippen LogP) is 3.18. The first-order valence-corrected chi connectivity index (χ1v) is 7.35. The number of hydrogen-bond acceptors (Lipinski definition) is 4. The van der Waals surface area contributed by atoms with Crippen molar-refractivity contribution in [2.75, 3.05) is 7.11 Å². The molecule has 0 radical (unpaired) electrons. The van der Waals surface area contributed by atoms with Crippen LogP contribution in [-0.4, -0.2) is 23.0 Å².